The molecule has 0 unspecified atom stereocenters. The third-order valence-corrected chi connectivity index (χ3v) is 3.02. The highest BCUT2D eigenvalue weighted by Crippen LogP contribution is 2.17. The van der Waals surface area contributed by atoms with Gasteiger partial charge in [0.15, 0.2) is 10.8 Å². The van der Waals surface area contributed by atoms with Gasteiger partial charge in [0, 0.05) is 16.1 Å². The number of aromatic carboxylic acids is 1. The Morgan fingerprint density at radius 1 is 1.32 bits per heavy atom. The van der Waals surface area contributed by atoms with Crippen LogP contribution in [-0.4, -0.2) is 22.1 Å². The summed E-state index contributed by atoms with van der Waals surface area (Å²) < 4.78 is 0. The van der Waals surface area contributed by atoms with Crippen LogP contribution < -0.4 is 10.6 Å². The number of benzene rings is 1. The number of nitrogens with one attached hydrogen (secondary N) is 2. The summed E-state index contributed by atoms with van der Waals surface area (Å²) in [6.45, 7) is 0. The van der Waals surface area contributed by atoms with Gasteiger partial charge in [-0.05, 0) is 18.2 Å². The molecule has 0 spiro atoms. The number of hydrogen-bond donors (Lipinski definition) is 3. The largest absolute Gasteiger partial charge is 0.476 e. The van der Waals surface area contributed by atoms with Crippen LogP contribution in [0, 0.1) is 0 Å². The van der Waals surface area contributed by atoms with Gasteiger partial charge in [-0.1, -0.05) is 17.7 Å². The third-order valence-electron chi connectivity index (χ3n) is 2.03. The van der Waals surface area contributed by atoms with Gasteiger partial charge in [-0.2, -0.15) is 0 Å². The molecule has 8 heteroatoms. The Morgan fingerprint density at radius 2 is 2.11 bits per heavy atom. The van der Waals surface area contributed by atoms with Crippen LogP contribution in [0.5, 0.6) is 0 Å². The van der Waals surface area contributed by atoms with E-state index in [-0.39, 0.29) is 10.8 Å². The van der Waals surface area contributed by atoms with Gasteiger partial charge in [-0.3, -0.25) is 5.32 Å². The van der Waals surface area contributed by atoms with E-state index >= 15 is 0 Å². The number of nitrogens with zero attached hydrogens (tertiary/aromatic N) is 1. The molecule has 1 aromatic heterocycles. The van der Waals surface area contributed by atoms with Gasteiger partial charge >= 0.3 is 12.0 Å². The number of carboxylic acids is 1. The lowest BCUT2D eigenvalue weighted by Gasteiger charge is -2.05. The van der Waals surface area contributed by atoms with Crippen LogP contribution in [0.1, 0.15) is 10.5 Å². The minimum absolute atomic E-state index is 0.108. The maximum Gasteiger partial charge on any atom is 0.355 e. The predicted octanol–water partition coefficient (Wildman–Crippen LogP) is 3.14. The molecule has 0 aliphatic carbocycles. The fourth-order valence-electron chi connectivity index (χ4n) is 1.26. The lowest BCUT2D eigenvalue weighted by molar-refractivity contribution is 0.0691. The second-order valence-electron chi connectivity index (χ2n) is 3.43. The van der Waals surface area contributed by atoms with Crippen LogP contribution in [0.4, 0.5) is 15.6 Å². The average molecular weight is 298 g/mol. The van der Waals surface area contributed by atoms with Crippen molar-refractivity contribution in [3.05, 3.63) is 40.4 Å². The average Bonchev–Trinajstić information content (AvgIpc) is 2.77. The summed E-state index contributed by atoms with van der Waals surface area (Å²) in [5.74, 6) is -1.14. The van der Waals surface area contributed by atoms with Crippen molar-refractivity contribution in [3.63, 3.8) is 0 Å². The number of carboxylic acid groups (broad SMARTS) is 1. The topological polar surface area (TPSA) is 91.3 Å². The van der Waals surface area contributed by atoms with Gasteiger partial charge in [0.1, 0.15) is 0 Å². The van der Waals surface area contributed by atoms with Crippen molar-refractivity contribution >= 4 is 45.8 Å². The Morgan fingerprint density at radius 3 is 2.74 bits per heavy atom. The molecule has 2 rings (SSSR count). The van der Waals surface area contributed by atoms with E-state index < -0.39 is 12.0 Å². The van der Waals surface area contributed by atoms with Crippen molar-refractivity contribution in [3.8, 4) is 0 Å². The number of carbonyl (C=O) groups excluding carboxylic acids is 1. The smallest absolute Gasteiger partial charge is 0.355 e. The number of carbonyl (C=O) groups is 2. The summed E-state index contributed by atoms with van der Waals surface area (Å²) in [6.07, 6.45) is 0. The Kier molecular flexibility index (Phi) is 3.98. The van der Waals surface area contributed by atoms with Crippen molar-refractivity contribution < 1.29 is 14.7 Å². The molecule has 2 amide bonds. The molecule has 0 saturated heterocycles. The van der Waals surface area contributed by atoms with Crippen molar-refractivity contribution in [1.29, 1.82) is 0 Å². The fraction of sp³-hybridized carbons (Fsp3) is 0. The van der Waals surface area contributed by atoms with E-state index in [1.165, 1.54) is 5.38 Å². The van der Waals surface area contributed by atoms with Crippen LogP contribution in [0.15, 0.2) is 29.6 Å². The number of amides is 2. The van der Waals surface area contributed by atoms with Crippen molar-refractivity contribution in [1.82, 2.24) is 4.98 Å². The molecular formula is C11H8ClN3O3S. The molecule has 98 valence electrons. The van der Waals surface area contributed by atoms with Gasteiger partial charge in [0.25, 0.3) is 0 Å². The summed E-state index contributed by atoms with van der Waals surface area (Å²) in [4.78, 5) is 26.0. The predicted molar refractivity (Wildman–Crippen MR) is 73.2 cm³/mol. The van der Waals surface area contributed by atoms with Crippen LogP contribution in [0.2, 0.25) is 5.02 Å². The minimum Gasteiger partial charge on any atom is -0.476 e. The maximum absolute atomic E-state index is 11.6. The lowest BCUT2D eigenvalue weighted by Crippen LogP contribution is -2.19. The van der Waals surface area contributed by atoms with Gasteiger partial charge in [-0.15, -0.1) is 11.3 Å². The van der Waals surface area contributed by atoms with Crippen molar-refractivity contribution in [2.45, 2.75) is 0 Å². The molecular weight excluding hydrogens is 290 g/mol. The standard InChI is InChI=1S/C11H8ClN3O3S/c12-6-2-1-3-7(4-6)13-10(18)15-11-14-8(5-19-11)9(16)17/h1-5H,(H,16,17)(H2,13,14,15,18). The van der Waals surface area contributed by atoms with E-state index in [1.54, 1.807) is 24.3 Å². The van der Waals surface area contributed by atoms with E-state index in [0.29, 0.717) is 10.7 Å². The molecule has 0 saturated carbocycles. The quantitative estimate of drug-likeness (QED) is 0.811. The first-order chi connectivity index (χ1) is 9.04. The van der Waals surface area contributed by atoms with Crippen molar-refractivity contribution in [2.24, 2.45) is 0 Å². The number of anilines is 2. The Balaban J connectivity index is 1.99. The molecule has 0 radical (unpaired) electrons. The van der Waals surface area contributed by atoms with E-state index in [0.717, 1.165) is 11.3 Å². The Bertz CT molecular complexity index is 629. The van der Waals surface area contributed by atoms with Crippen LogP contribution in [0.3, 0.4) is 0 Å². The van der Waals surface area contributed by atoms with Crippen molar-refractivity contribution in [2.75, 3.05) is 10.6 Å². The molecule has 1 aromatic carbocycles. The number of hydrogen-bond acceptors (Lipinski definition) is 4. The molecule has 6 nitrogen and oxygen atoms in total. The second kappa shape index (κ2) is 5.68. The Labute approximate surface area is 117 Å². The first kappa shape index (κ1) is 13.3. The number of urea groups is 1. The normalized spacial score (nSPS) is 9.95. The molecule has 0 aliphatic rings. The lowest BCUT2D eigenvalue weighted by atomic mass is 10.3. The monoisotopic (exact) mass is 297 g/mol. The first-order valence-electron chi connectivity index (χ1n) is 5.07. The molecule has 3 N–H and O–H groups in total. The molecule has 2 aromatic rings. The fourth-order valence-corrected chi connectivity index (χ4v) is 2.12. The first-order valence-corrected chi connectivity index (χ1v) is 6.33. The number of thiazole rings is 1. The number of rotatable bonds is 3. The van der Waals surface area contributed by atoms with E-state index in [1.807, 2.05) is 0 Å². The van der Waals surface area contributed by atoms with Crippen LogP contribution in [-0.2, 0) is 0 Å². The summed E-state index contributed by atoms with van der Waals surface area (Å²) >= 11 is 6.81. The second-order valence-corrected chi connectivity index (χ2v) is 4.73. The van der Waals surface area contributed by atoms with Gasteiger partial charge in [0.2, 0.25) is 0 Å². The summed E-state index contributed by atoms with van der Waals surface area (Å²) in [5, 5.41) is 15.7. The molecule has 0 fully saturated rings. The molecule has 19 heavy (non-hydrogen) atoms. The molecule has 0 aliphatic heterocycles. The minimum atomic E-state index is -1.14. The summed E-state index contributed by atoms with van der Waals surface area (Å²) in [5.41, 5.74) is 0.420. The molecule has 1 heterocycles. The SMILES string of the molecule is O=C(Nc1cccc(Cl)c1)Nc1nc(C(=O)O)cs1. The van der Waals surface area contributed by atoms with E-state index in [2.05, 4.69) is 15.6 Å². The highest BCUT2D eigenvalue weighted by Gasteiger charge is 2.10. The highest BCUT2D eigenvalue weighted by atomic mass is 35.5. The van der Waals surface area contributed by atoms with E-state index in [9.17, 15) is 9.59 Å². The maximum atomic E-state index is 11.6. The molecule has 0 atom stereocenters. The zero-order chi connectivity index (χ0) is 13.8. The number of aromatic nitrogens is 1. The zero-order valence-corrected chi connectivity index (χ0v) is 11.0. The highest BCUT2D eigenvalue weighted by molar-refractivity contribution is 7.14. The number of halogens is 1. The summed E-state index contributed by atoms with van der Waals surface area (Å²) in [7, 11) is 0. The van der Waals surface area contributed by atoms with Gasteiger partial charge in [-0.25, -0.2) is 14.6 Å². The van der Waals surface area contributed by atoms with Gasteiger partial charge < -0.3 is 10.4 Å². The zero-order valence-electron chi connectivity index (χ0n) is 9.38. The van der Waals surface area contributed by atoms with Crippen LogP contribution >= 0.6 is 22.9 Å². The van der Waals surface area contributed by atoms with Gasteiger partial charge in [0.05, 0.1) is 0 Å². The van der Waals surface area contributed by atoms with Crippen LogP contribution in [0.25, 0.3) is 0 Å². The Hall–Kier alpha value is -2.12. The third kappa shape index (κ3) is 3.67. The summed E-state index contributed by atoms with van der Waals surface area (Å²) in [6, 6.07) is 6.13. The molecule has 0 bridgehead atoms. The van der Waals surface area contributed by atoms with E-state index in [4.69, 9.17) is 16.7 Å².